The van der Waals surface area contributed by atoms with Crippen molar-refractivity contribution in [2.75, 3.05) is 0 Å². The summed E-state index contributed by atoms with van der Waals surface area (Å²) in [5.74, 6) is -1.25. The molecule has 0 fully saturated rings. The van der Waals surface area contributed by atoms with Gasteiger partial charge in [-0.15, -0.1) is 0 Å². The molecular weight excluding hydrogens is 190 g/mol. The third kappa shape index (κ3) is 3.36. The molecule has 1 aromatic carbocycles. The summed E-state index contributed by atoms with van der Waals surface area (Å²) in [6, 6.07) is 7.73. The first-order valence-corrected chi connectivity index (χ1v) is 5.08. The van der Waals surface area contributed by atoms with Gasteiger partial charge in [0.1, 0.15) is 0 Å². The molecule has 0 aromatic heterocycles. The number of nitrogens with two attached hydrogens (primary N) is 1. The van der Waals surface area contributed by atoms with E-state index in [1.165, 1.54) is 0 Å². The van der Waals surface area contributed by atoms with Gasteiger partial charge in [-0.05, 0) is 31.4 Å². The van der Waals surface area contributed by atoms with Crippen molar-refractivity contribution in [1.82, 2.24) is 0 Å². The van der Waals surface area contributed by atoms with Crippen molar-refractivity contribution in [2.45, 2.75) is 32.2 Å². The molecule has 0 aliphatic heterocycles. The van der Waals surface area contributed by atoms with Gasteiger partial charge in [0.15, 0.2) is 0 Å². The third-order valence-electron chi connectivity index (χ3n) is 2.41. The molecule has 2 atom stereocenters. The Labute approximate surface area is 89.9 Å². The van der Waals surface area contributed by atoms with E-state index in [-0.39, 0.29) is 6.04 Å². The van der Waals surface area contributed by atoms with Crippen LogP contribution in [0.5, 0.6) is 0 Å². The molecule has 15 heavy (non-hydrogen) atoms. The van der Waals surface area contributed by atoms with E-state index in [0.29, 0.717) is 0 Å². The second kappa shape index (κ2) is 4.94. The smallest absolute Gasteiger partial charge is 0.310 e. The van der Waals surface area contributed by atoms with Gasteiger partial charge in [0, 0.05) is 6.04 Å². The molecule has 0 saturated carbocycles. The lowest BCUT2D eigenvalue weighted by Gasteiger charge is -2.09. The zero-order valence-corrected chi connectivity index (χ0v) is 9.10. The highest BCUT2D eigenvalue weighted by molar-refractivity contribution is 5.75. The van der Waals surface area contributed by atoms with Crippen LogP contribution < -0.4 is 5.73 Å². The molecule has 0 bridgehead atoms. The van der Waals surface area contributed by atoms with Gasteiger partial charge in [-0.2, -0.15) is 0 Å². The van der Waals surface area contributed by atoms with Gasteiger partial charge < -0.3 is 10.8 Å². The average Bonchev–Trinajstić information content (AvgIpc) is 2.17. The number of hydrogen-bond donors (Lipinski definition) is 2. The lowest BCUT2D eigenvalue weighted by molar-refractivity contribution is -0.138. The van der Waals surface area contributed by atoms with E-state index in [2.05, 4.69) is 0 Å². The van der Waals surface area contributed by atoms with E-state index in [0.717, 1.165) is 17.5 Å². The molecule has 3 heteroatoms. The van der Waals surface area contributed by atoms with Gasteiger partial charge in [0.25, 0.3) is 0 Å². The highest BCUT2D eigenvalue weighted by Gasteiger charge is 2.12. The van der Waals surface area contributed by atoms with Crippen LogP contribution in [-0.2, 0) is 11.2 Å². The van der Waals surface area contributed by atoms with E-state index in [4.69, 9.17) is 10.8 Å². The summed E-state index contributed by atoms with van der Waals surface area (Å²) < 4.78 is 0. The quantitative estimate of drug-likeness (QED) is 0.790. The molecule has 0 amide bonds. The maximum Gasteiger partial charge on any atom is 0.310 e. The Morgan fingerprint density at radius 1 is 1.33 bits per heavy atom. The largest absolute Gasteiger partial charge is 0.481 e. The Kier molecular flexibility index (Phi) is 3.86. The molecular formula is C12H17NO2. The highest BCUT2D eigenvalue weighted by Crippen LogP contribution is 2.16. The van der Waals surface area contributed by atoms with Gasteiger partial charge in [0.05, 0.1) is 5.92 Å². The van der Waals surface area contributed by atoms with Crippen molar-refractivity contribution < 1.29 is 9.90 Å². The Balaban J connectivity index is 2.76. The predicted octanol–water partition coefficient (Wildman–Crippen LogP) is 1.76. The number of benzene rings is 1. The van der Waals surface area contributed by atoms with Crippen LogP contribution in [0.1, 0.15) is 30.9 Å². The van der Waals surface area contributed by atoms with Crippen LogP contribution in [0, 0.1) is 0 Å². The van der Waals surface area contributed by atoms with E-state index in [1.54, 1.807) is 6.92 Å². The van der Waals surface area contributed by atoms with Crippen LogP contribution in [0.15, 0.2) is 24.3 Å². The highest BCUT2D eigenvalue weighted by atomic mass is 16.4. The maximum atomic E-state index is 10.7. The van der Waals surface area contributed by atoms with E-state index >= 15 is 0 Å². The number of carboxylic acids is 1. The van der Waals surface area contributed by atoms with E-state index in [9.17, 15) is 4.79 Å². The van der Waals surface area contributed by atoms with Gasteiger partial charge in [-0.25, -0.2) is 0 Å². The molecule has 3 N–H and O–H groups in total. The Morgan fingerprint density at radius 2 is 1.87 bits per heavy atom. The molecule has 0 aliphatic rings. The molecule has 0 aliphatic carbocycles. The van der Waals surface area contributed by atoms with Crippen LogP contribution >= 0.6 is 0 Å². The number of hydrogen-bond acceptors (Lipinski definition) is 2. The number of aliphatic carboxylic acids is 1. The Bertz CT molecular complexity index is 330. The first-order valence-electron chi connectivity index (χ1n) is 5.08. The molecule has 0 radical (unpaired) electrons. The summed E-state index contributed by atoms with van der Waals surface area (Å²) in [5, 5.41) is 8.83. The molecule has 1 aromatic rings. The average molecular weight is 207 g/mol. The molecule has 1 rings (SSSR count). The van der Waals surface area contributed by atoms with Gasteiger partial charge in [-0.1, -0.05) is 24.3 Å². The third-order valence-corrected chi connectivity index (χ3v) is 2.41. The number of carbonyl (C=O) groups is 1. The van der Waals surface area contributed by atoms with Crippen molar-refractivity contribution in [3.8, 4) is 0 Å². The van der Waals surface area contributed by atoms with Crippen LogP contribution in [0.3, 0.4) is 0 Å². The van der Waals surface area contributed by atoms with Crippen molar-refractivity contribution in [3.05, 3.63) is 35.4 Å². The Hall–Kier alpha value is -1.35. The van der Waals surface area contributed by atoms with Crippen molar-refractivity contribution in [3.63, 3.8) is 0 Å². The minimum atomic E-state index is -0.796. The standard InChI is InChI=1S/C12H17NO2/c1-8(13)7-10-3-5-11(6-4-10)9(2)12(14)15/h3-6,8-9H,7,13H2,1-2H3,(H,14,15)/t8-,9?/m1/s1. The first-order chi connectivity index (χ1) is 7.00. The summed E-state index contributed by atoms with van der Waals surface area (Å²) >= 11 is 0. The normalized spacial score (nSPS) is 14.6. The van der Waals surface area contributed by atoms with Crippen LogP contribution in [0.2, 0.25) is 0 Å². The number of rotatable bonds is 4. The second-order valence-corrected chi connectivity index (χ2v) is 3.98. The van der Waals surface area contributed by atoms with Gasteiger partial charge >= 0.3 is 5.97 Å². The summed E-state index contributed by atoms with van der Waals surface area (Å²) in [6.07, 6.45) is 0.821. The topological polar surface area (TPSA) is 63.3 Å². The fourth-order valence-electron chi connectivity index (χ4n) is 1.46. The summed E-state index contributed by atoms with van der Waals surface area (Å²) in [6.45, 7) is 3.64. The SMILES string of the molecule is CC(C(=O)O)c1ccc(C[C@@H](C)N)cc1. The van der Waals surface area contributed by atoms with E-state index in [1.807, 2.05) is 31.2 Å². The predicted molar refractivity (Wildman–Crippen MR) is 59.8 cm³/mol. The minimum Gasteiger partial charge on any atom is -0.481 e. The lowest BCUT2D eigenvalue weighted by Crippen LogP contribution is -2.17. The lowest BCUT2D eigenvalue weighted by atomic mass is 9.98. The zero-order chi connectivity index (χ0) is 11.4. The van der Waals surface area contributed by atoms with Gasteiger partial charge in [0.2, 0.25) is 0 Å². The first kappa shape index (κ1) is 11.7. The molecule has 0 spiro atoms. The van der Waals surface area contributed by atoms with Crippen LogP contribution in [0.4, 0.5) is 0 Å². The summed E-state index contributed by atoms with van der Waals surface area (Å²) in [7, 11) is 0. The fourth-order valence-corrected chi connectivity index (χ4v) is 1.46. The molecule has 0 heterocycles. The van der Waals surface area contributed by atoms with Crippen LogP contribution in [-0.4, -0.2) is 17.1 Å². The molecule has 1 unspecified atom stereocenters. The number of carboxylic acid groups (broad SMARTS) is 1. The Morgan fingerprint density at radius 3 is 2.27 bits per heavy atom. The van der Waals surface area contributed by atoms with Crippen molar-refractivity contribution >= 4 is 5.97 Å². The summed E-state index contributed by atoms with van der Waals surface area (Å²) in [5.41, 5.74) is 7.65. The van der Waals surface area contributed by atoms with Crippen LogP contribution in [0.25, 0.3) is 0 Å². The van der Waals surface area contributed by atoms with E-state index < -0.39 is 11.9 Å². The summed E-state index contributed by atoms with van der Waals surface area (Å²) in [4.78, 5) is 10.7. The maximum absolute atomic E-state index is 10.7. The minimum absolute atomic E-state index is 0.132. The van der Waals surface area contributed by atoms with Gasteiger partial charge in [-0.3, -0.25) is 4.79 Å². The zero-order valence-electron chi connectivity index (χ0n) is 9.10. The van der Waals surface area contributed by atoms with Crippen molar-refractivity contribution in [1.29, 1.82) is 0 Å². The monoisotopic (exact) mass is 207 g/mol. The molecule has 3 nitrogen and oxygen atoms in total. The van der Waals surface area contributed by atoms with Crippen molar-refractivity contribution in [2.24, 2.45) is 5.73 Å². The fraction of sp³-hybridized carbons (Fsp3) is 0.417. The molecule has 82 valence electrons. The molecule has 0 saturated heterocycles. The second-order valence-electron chi connectivity index (χ2n) is 3.98.